The Morgan fingerprint density at radius 3 is 2.86 bits per heavy atom. The van der Waals surface area contributed by atoms with E-state index in [1.807, 2.05) is 4.90 Å². The molecule has 0 aliphatic carbocycles. The van der Waals surface area contributed by atoms with E-state index in [2.05, 4.69) is 4.98 Å². The minimum Gasteiger partial charge on any atom is -0.370 e. The predicted molar refractivity (Wildman–Crippen MR) is 80.1 cm³/mol. The van der Waals surface area contributed by atoms with E-state index < -0.39 is 5.91 Å². The second kappa shape index (κ2) is 6.66. The standard InChI is InChI=1S/C13H18N5O2S/c14-11(20)9-7-21-12(17-9)10(19)5-4-8-3-1-2-6-18(8)13(15)16/h5,7-8H,1-4,6H2,(H2,14,20)(H3,15,16). The summed E-state index contributed by atoms with van der Waals surface area (Å²) in [5.41, 5.74) is 10.8. The molecule has 0 bridgehead atoms. The lowest BCUT2D eigenvalue weighted by Gasteiger charge is -2.35. The van der Waals surface area contributed by atoms with Crippen molar-refractivity contribution in [2.24, 2.45) is 11.5 Å². The number of aromatic nitrogens is 1. The van der Waals surface area contributed by atoms with E-state index >= 15 is 0 Å². The average Bonchev–Trinajstić information content (AvgIpc) is 2.95. The number of piperidine rings is 1. The number of carbonyl (C=O) groups excluding carboxylic acids is 2. The molecule has 8 heteroatoms. The van der Waals surface area contributed by atoms with Crippen molar-refractivity contribution in [3.63, 3.8) is 0 Å². The molecule has 113 valence electrons. The highest BCUT2D eigenvalue weighted by molar-refractivity contribution is 7.12. The fourth-order valence-electron chi connectivity index (χ4n) is 2.39. The van der Waals surface area contributed by atoms with Gasteiger partial charge in [-0.1, -0.05) is 0 Å². The molecule has 1 atom stereocenters. The van der Waals surface area contributed by atoms with Crippen molar-refractivity contribution in [1.82, 2.24) is 9.88 Å². The van der Waals surface area contributed by atoms with E-state index in [0.29, 0.717) is 6.42 Å². The molecular weight excluding hydrogens is 290 g/mol. The van der Waals surface area contributed by atoms with Crippen LogP contribution in [-0.4, -0.2) is 40.1 Å². The minimum absolute atomic E-state index is 0.0470. The lowest BCUT2D eigenvalue weighted by Crippen LogP contribution is -2.47. The Bertz CT molecular complexity index is 557. The zero-order chi connectivity index (χ0) is 15.4. The molecule has 1 aliphatic heterocycles. The van der Waals surface area contributed by atoms with Gasteiger partial charge in [-0.25, -0.2) is 4.98 Å². The zero-order valence-electron chi connectivity index (χ0n) is 11.5. The first-order valence-electron chi connectivity index (χ1n) is 6.72. The number of nitrogens with one attached hydrogen (secondary N) is 1. The first-order valence-corrected chi connectivity index (χ1v) is 7.60. The minimum atomic E-state index is -0.639. The van der Waals surface area contributed by atoms with Gasteiger partial charge in [-0.05, 0) is 25.7 Å². The van der Waals surface area contributed by atoms with Crippen LogP contribution in [0.1, 0.15) is 46.0 Å². The SMILES string of the molecule is N=C(N)N1CCCCC1C[CH]C(=O)c1nc(C(N)=O)cs1. The maximum Gasteiger partial charge on any atom is 0.268 e. The number of ketones is 1. The van der Waals surface area contributed by atoms with Gasteiger partial charge in [-0.15, -0.1) is 11.3 Å². The zero-order valence-corrected chi connectivity index (χ0v) is 12.4. The first kappa shape index (κ1) is 15.4. The van der Waals surface area contributed by atoms with E-state index in [1.165, 1.54) is 5.38 Å². The number of Topliss-reactive ketones (excluding diaryl/α,β-unsaturated/α-hetero) is 1. The Labute approximate surface area is 126 Å². The number of nitrogens with zero attached hydrogens (tertiary/aromatic N) is 2. The fourth-order valence-corrected chi connectivity index (χ4v) is 3.14. The van der Waals surface area contributed by atoms with Gasteiger partial charge in [0.25, 0.3) is 5.91 Å². The summed E-state index contributed by atoms with van der Waals surface area (Å²) >= 11 is 1.11. The van der Waals surface area contributed by atoms with Gasteiger partial charge in [-0.3, -0.25) is 15.0 Å². The van der Waals surface area contributed by atoms with Crippen LogP contribution in [0.15, 0.2) is 5.38 Å². The lowest BCUT2D eigenvalue weighted by atomic mass is 9.97. The second-order valence-electron chi connectivity index (χ2n) is 4.93. The van der Waals surface area contributed by atoms with Crippen molar-refractivity contribution >= 4 is 29.0 Å². The van der Waals surface area contributed by atoms with Gasteiger partial charge in [-0.2, -0.15) is 0 Å². The van der Waals surface area contributed by atoms with Crippen LogP contribution in [0.5, 0.6) is 0 Å². The Hall–Kier alpha value is -1.96. The van der Waals surface area contributed by atoms with Gasteiger partial charge < -0.3 is 16.4 Å². The summed E-state index contributed by atoms with van der Waals surface area (Å²) in [5.74, 6) is -0.812. The number of hydrogen-bond acceptors (Lipinski definition) is 5. The van der Waals surface area contributed by atoms with Gasteiger partial charge >= 0.3 is 0 Å². The lowest BCUT2D eigenvalue weighted by molar-refractivity contribution is 0.0996. The predicted octanol–water partition coefficient (Wildman–Crippen LogP) is 0.767. The molecule has 7 nitrogen and oxygen atoms in total. The Morgan fingerprint density at radius 1 is 1.48 bits per heavy atom. The molecular formula is C13H18N5O2S. The summed E-state index contributed by atoms with van der Waals surface area (Å²) in [6, 6.07) is 0.0794. The van der Waals surface area contributed by atoms with Crippen LogP contribution < -0.4 is 11.5 Å². The molecule has 0 saturated carbocycles. The summed E-state index contributed by atoms with van der Waals surface area (Å²) in [5, 5.41) is 9.30. The van der Waals surface area contributed by atoms with Gasteiger partial charge in [0.15, 0.2) is 16.8 Å². The Balaban J connectivity index is 1.93. The number of likely N-dealkylation sites (tertiary alicyclic amines) is 1. The third-order valence-electron chi connectivity index (χ3n) is 3.48. The van der Waals surface area contributed by atoms with Crippen LogP contribution in [0.3, 0.4) is 0 Å². The molecule has 1 fully saturated rings. The molecule has 1 aliphatic rings. The van der Waals surface area contributed by atoms with E-state index in [9.17, 15) is 9.59 Å². The largest absolute Gasteiger partial charge is 0.370 e. The van der Waals surface area contributed by atoms with Crippen LogP contribution in [0.4, 0.5) is 0 Å². The van der Waals surface area contributed by atoms with Crippen LogP contribution in [0, 0.1) is 11.8 Å². The number of guanidine groups is 1. The molecule has 1 amide bonds. The number of nitrogens with two attached hydrogens (primary N) is 2. The summed E-state index contributed by atoms with van der Waals surface area (Å²) in [6.07, 6.45) is 5.06. The van der Waals surface area contributed by atoms with Crippen LogP contribution in [0.2, 0.25) is 0 Å². The van der Waals surface area contributed by atoms with E-state index in [0.717, 1.165) is 37.1 Å². The number of carbonyl (C=O) groups is 2. The second-order valence-corrected chi connectivity index (χ2v) is 5.79. The third kappa shape index (κ3) is 3.78. The van der Waals surface area contributed by atoms with Gasteiger partial charge in [0.1, 0.15) is 5.69 Å². The smallest absolute Gasteiger partial charge is 0.268 e. The summed E-state index contributed by atoms with van der Waals surface area (Å²) < 4.78 is 0. The molecule has 1 radical (unpaired) electrons. The van der Waals surface area contributed by atoms with Crippen LogP contribution >= 0.6 is 11.3 Å². The molecule has 0 spiro atoms. The topological polar surface area (TPSA) is 126 Å². The average molecular weight is 308 g/mol. The van der Waals surface area contributed by atoms with Gasteiger partial charge in [0, 0.05) is 24.4 Å². The fraction of sp³-hybridized carbons (Fsp3) is 0.462. The van der Waals surface area contributed by atoms with Crippen molar-refractivity contribution in [2.75, 3.05) is 6.54 Å². The summed E-state index contributed by atoms with van der Waals surface area (Å²) in [6.45, 7) is 0.755. The summed E-state index contributed by atoms with van der Waals surface area (Å²) in [7, 11) is 0. The number of rotatable bonds is 5. The number of thiazole rings is 1. The molecule has 5 N–H and O–H groups in total. The number of primary amides is 1. The Morgan fingerprint density at radius 2 is 2.24 bits per heavy atom. The van der Waals surface area contributed by atoms with Crippen molar-refractivity contribution in [3.05, 3.63) is 22.5 Å². The third-order valence-corrected chi connectivity index (χ3v) is 4.34. The summed E-state index contributed by atoms with van der Waals surface area (Å²) in [4.78, 5) is 28.7. The Kier molecular flexibility index (Phi) is 4.89. The van der Waals surface area contributed by atoms with Gasteiger partial charge in [0.2, 0.25) is 0 Å². The van der Waals surface area contributed by atoms with Crippen molar-refractivity contribution < 1.29 is 9.59 Å². The molecule has 1 aromatic heterocycles. The first-order chi connectivity index (χ1) is 9.99. The monoisotopic (exact) mass is 308 g/mol. The highest BCUT2D eigenvalue weighted by atomic mass is 32.1. The van der Waals surface area contributed by atoms with Crippen LogP contribution in [-0.2, 0) is 0 Å². The van der Waals surface area contributed by atoms with Crippen molar-refractivity contribution in [1.29, 1.82) is 5.41 Å². The number of amides is 1. The highest BCUT2D eigenvalue weighted by Crippen LogP contribution is 2.21. The van der Waals surface area contributed by atoms with E-state index in [4.69, 9.17) is 16.9 Å². The molecule has 1 unspecified atom stereocenters. The van der Waals surface area contributed by atoms with E-state index in [-0.39, 0.29) is 28.5 Å². The normalized spacial score (nSPS) is 18.5. The molecule has 1 aromatic rings. The molecule has 0 aromatic carbocycles. The van der Waals surface area contributed by atoms with Crippen molar-refractivity contribution in [2.45, 2.75) is 31.7 Å². The maximum absolute atomic E-state index is 12.0. The molecule has 1 saturated heterocycles. The number of hydrogen-bond donors (Lipinski definition) is 3. The van der Waals surface area contributed by atoms with E-state index in [1.54, 1.807) is 6.42 Å². The molecule has 21 heavy (non-hydrogen) atoms. The van der Waals surface area contributed by atoms with Crippen LogP contribution in [0.25, 0.3) is 0 Å². The van der Waals surface area contributed by atoms with Crippen molar-refractivity contribution in [3.8, 4) is 0 Å². The molecule has 2 rings (SSSR count). The maximum atomic E-state index is 12.0. The van der Waals surface area contributed by atoms with Gasteiger partial charge in [0.05, 0.1) is 0 Å². The molecule has 2 heterocycles. The highest BCUT2D eigenvalue weighted by Gasteiger charge is 2.25. The quantitative estimate of drug-likeness (QED) is 0.420.